The quantitative estimate of drug-likeness (QED) is 0.885. The predicted molar refractivity (Wildman–Crippen MR) is 81.7 cm³/mol. The van der Waals surface area contributed by atoms with E-state index in [-0.39, 0.29) is 0 Å². The molecule has 1 unspecified atom stereocenters. The molecule has 0 saturated carbocycles. The molecule has 3 heteroatoms. The van der Waals surface area contributed by atoms with E-state index in [0.717, 1.165) is 58.3 Å². The molecule has 1 aliphatic heterocycles. The molecule has 1 saturated heterocycles. The summed E-state index contributed by atoms with van der Waals surface area (Å²) in [5, 5.41) is 14.7. The number of rotatable bonds is 3. The molecule has 0 spiro atoms. The summed E-state index contributed by atoms with van der Waals surface area (Å²) in [5.74, 6) is 0. The largest absolute Gasteiger partial charge is 0.371 e. The maximum absolute atomic E-state index is 11.3. The molecule has 1 fully saturated rings. The van der Waals surface area contributed by atoms with Gasteiger partial charge in [-0.25, -0.2) is 0 Å². The summed E-state index contributed by atoms with van der Waals surface area (Å²) in [7, 11) is 0. The highest BCUT2D eigenvalue weighted by Gasteiger charge is 2.40. The normalized spacial score (nSPS) is 27.3. The number of benzene rings is 1. The van der Waals surface area contributed by atoms with Crippen LogP contribution in [0.4, 0.5) is 0 Å². The molecule has 3 nitrogen and oxygen atoms in total. The zero-order valence-corrected chi connectivity index (χ0v) is 12.5. The van der Waals surface area contributed by atoms with Crippen LogP contribution in [0.5, 0.6) is 0 Å². The lowest BCUT2D eigenvalue weighted by Gasteiger charge is -2.45. The Kier molecular flexibility index (Phi) is 4.11. The third-order valence-electron chi connectivity index (χ3n) is 4.76. The minimum atomic E-state index is -0.737. The van der Waals surface area contributed by atoms with Gasteiger partial charge in [-0.05, 0) is 36.8 Å². The van der Waals surface area contributed by atoms with Crippen molar-refractivity contribution in [3.05, 3.63) is 34.9 Å². The molecule has 3 rings (SSSR count). The Labute approximate surface area is 122 Å². The first-order chi connectivity index (χ1) is 9.74. The average Bonchev–Trinajstić information content (AvgIpc) is 2.49. The highest BCUT2D eigenvalue weighted by molar-refractivity contribution is 5.38. The van der Waals surface area contributed by atoms with Gasteiger partial charge in [0.2, 0.25) is 0 Å². The molecule has 2 aliphatic rings. The fourth-order valence-corrected chi connectivity index (χ4v) is 3.68. The van der Waals surface area contributed by atoms with E-state index in [2.05, 4.69) is 35.3 Å². The summed E-state index contributed by atoms with van der Waals surface area (Å²) in [6.45, 7) is 6.04. The number of aliphatic hydroxyl groups is 1. The van der Waals surface area contributed by atoms with Crippen LogP contribution < -0.4 is 5.32 Å². The molecular weight excluding hydrogens is 248 g/mol. The topological polar surface area (TPSA) is 35.5 Å². The lowest BCUT2D eigenvalue weighted by atomic mass is 9.82. The van der Waals surface area contributed by atoms with Crippen LogP contribution in [-0.2, 0) is 18.6 Å². The van der Waals surface area contributed by atoms with Crippen molar-refractivity contribution in [2.24, 2.45) is 0 Å². The number of hydrogen-bond donors (Lipinski definition) is 2. The molecule has 1 aromatic rings. The fourth-order valence-electron chi connectivity index (χ4n) is 3.68. The molecule has 0 bridgehead atoms. The van der Waals surface area contributed by atoms with Crippen LogP contribution in [0.2, 0.25) is 0 Å². The van der Waals surface area contributed by atoms with Crippen molar-refractivity contribution >= 4 is 0 Å². The molecule has 0 radical (unpaired) electrons. The minimum absolute atomic E-state index is 0.737. The Bertz CT molecular complexity index is 468. The van der Waals surface area contributed by atoms with E-state index in [1.54, 1.807) is 0 Å². The molecule has 0 aromatic heterocycles. The van der Waals surface area contributed by atoms with E-state index < -0.39 is 5.72 Å². The van der Waals surface area contributed by atoms with E-state index >= 15 is 0 Å². The van der Waals surface area contributed by atoms with E-state index in [1.807, 2.05) is 0 Å². The maximum atomic E-state index is 11.3. The van der Waals surface area contributed by atoms with Gasteiger partial charge in [0.05, 0.1) is 0 Å². The third-order valence-corrected chi connectivity index (χ3v) is 4.76. The fraction of sp³-hybridized carbons (Fsp3) is 0.647. The molecule has 1 atom stereocenters. The Hall–Kier alpha value is -0.900. The van der Waals surface area contributed by atoms with Gasteiger partial charge < -0.3 is 10.4 Å². The summed E-state index contributed by atoms with van der Waals surface area (Å²) in [5.41, 5.74) is 3.15. The van der Waals surface area contributed by atoms with Gasteiger partial charge in [-0.3, -0.25) is 4.90 Å². The summed E-state index contributed by atoms with van der Waals surface area (Å²) < 4.78 is 0. The second-order valence-electron chi connectivity index (χ2n) is 6.15. The van der Waals surface area contributed by atoms with Gasteiger partial charge in [0, 0.05) is 31.7 Å². The minimum Gasteiger partial charge on any atom is -0.371 e. The standard InChI is InChI=1S/C17H26N2O/c1-2-4-14-6-7-15-5-3-8-17(20,16(15)13-14)19-11-9-18-10-12-19/h6-7,13,18,20H,2-5,8-12H2,1H3. The highest BCUT2D eigenvalue weighted by atomic mass is 16.3. The lowest BCUT2D eigenvalue weighted by molar-refractivity contribution is -0.132. The van der Waals surface area contributed by atoms with Crippen LogP contribution in [0.15, 0.2) is 18.2 Å². The van der Waals surface area contributed by atoms with Gasteiger partial charge in [0.15, 0.2) is 0 Å². The number of nitrogens with one attached hydrogen (secondary N) is 1. The SMILES string of the molecule is CCCc1ccc2c(c1)C(O)(N1CCNCC1)CCC2. The first-order valence-electron chi connectivity index (χ1n) is 8.04. The van der Waals surface area contributed by atoms with Crippen molar-refractivity contribution in [2.75, 3.05) is 26.2 Å². The van der Waals surface area contributed by atoms with Gasteiger partial charge in [0.1, 0.15) is 5.72 Å². The number of nitrogens with zero attached hydrogens (tertiary/aromatic N) is 1. The first-order valence-corrected chi connectivity index (χ1v) is 8.04. The third kappa shape index (κ3) is 2.50. The summed E-state index contributed by atoms with van der Waals surface area (Å²) in [4.78, 5) is 2.28. The number of hydrogen-bond acceptors (Lipinski definition) is 3. The molecule has 1 heterocycles. The maximum Gasteiger partial charge on any atom is 0.144 e. The summed E-state index contributed by atoms with van der Waals surface area (Å²) >= 11 is 0. The smallest absolute Gasteiger partial charge is 0.144 e. The van der Waals surface area contributed by atoms with Crippen LogP contribution >= 0.6 is 0 Å². The molecular formula is C17H26N2O. The van der Waals surface area contributed by atoms with Crippen molar-refractivity contribution in [3.8, 4) is 0 Å². The van der Waals surface area contributed by atoms with Crippen molar-refractivity contribution in [3.63, 3.8) is 0 Å². The van der Waals surface area contributed by atoms with Crippen LogP contribution in [0.25, 0.3) is 0 Å². The van der Waals surface area contributed by atoms with Gasteiger partial charge in [-0.1, -0.05) is 31.5 Å². The molecule has 1 aliphatic carbocycles. The second-order valence-corrected chi connectivity index (χ2v) is 6.15. The molecule has 110 valence electrons. The number of aryl methyl sites for hydroxylation is 2. The number of fused-ring (bicyclic) bond motifs is 1. The Balaban J connectivity index is 1.95. The Morgan fingerprint density at radius 2 is 2.10 bits per heavy atom. The Morgan fingerprint density at radius 1 is 1.30 bits per heavy atom. The monoisotopic (exact) mass is 274 g/mol. The van der Waals surface area contributed by atoms with E-state index in [9.17, 15) is 5.11 Å². The Morgan fingerprint density at radius 3 is 2.85 bits per heavy atom. The van der Waals surface area contributed by atoms with Gasteiger partial charge in [-0.2, -0.15) is 0 Å². The average molecular weight is 274 g/mol. The predicted octanol–water partition coefficient (Wildman–Crippen LogP) is 2.03. The molecule has 1 aromatic carbocycles. The van der Waals surface area contributed by atoms with Crippen LogP contribution in [0.1, 0.15) is 42.9 Å². The zero-order chi connectivity index (χ0) is 14.0. The van der Waals surface area contributed by atoms with Crippen molar-refractivity contribution in [1.82, 2.24) is 10.2 Å². The van der Waals surface area contributed by atoms with Crippen LogP contribution in [-0.4, -0.2) is 36.2 Å². The molecule has 2 N–H and O–H groups in total. The lowest BCUT2D eigenvalue weighted by Crippen LogP contribution is -2.55. The summed E-state index contributed by atoms with van der Waals surface area (Å²) in [6, 6.07) is 6.75. The number of piperazine rings is 1. The van der Waals surface area contributed by atoms with Crippen LogP contribution in [0, 0.1) is 0 Å². The van der Waals surface area contributed by atoms with Gasteiger partial charge >= 0.3 is 0 Å². The molecule has 20 heavy (non-hydrogen) atoms. The molecule has 0 amide bonds. The zero-order valence-electron chi connectivity index (χ0n) is 12.5. The van der Waals surface area contributed by atoms with E-state index in [0.29, 0.717) is 0 Å². The van der Waals surface area contributed by atoms with Crippen molar-refractivity contribution in [2.45, 2.75) is 44.8 Å². The first kappa shape index (κ1) is 14.1. The van der Waals surface area contributed by atoms with Crippen LogP contribution in [0.3, 0.4) is 0 Å². The van der Waals surface area contributed by atoms with E-state index in [4.69, 9.17) is 0 Å². The highest BCUT2D eigenvalue weighted by Crippen LogP contribution is 2.38. The van der Waals surface area contributed by atoms with Crippen molar-refractivity contribution in [1.29, 1.82) is 0 Å². The van der Waals surface area contributed by atoms with E-state index in [1.165, 1.54) is 16.7 Å². The van der Waals surface area contributed by atoms with Gasteiger partial charge in [-0.15, -0.1) is 0 Å². The second kappa shape index (κ2) is 5.84. The summed E-state index contributed by atoms with van der Waals surface area (Å²) in [6.07, 6.45) is 5.32. The van der Waals surface area contributed by atoms with Gasteiger partial charge in [0.25, 0.3) is 0 Å². The van der Waals surface area contributed by atoms with Crippen molar-refractivity contribution < 1.29 is 5.11 Å².